The monoisotopic (exact) mass is 679 g/mol. The molecule has 6 aromatic carbocycles. The summed E-state index contributed by atoms with van der Waals surface area (Å²) in [5.74, 6) is 1.42. The maximum atomic E-state index is 6.28. The minimum absolute atomic E-state index is 0.514. The molecular weight excluding hydrogens is 647 g/mol. The molecule has 0 atom stereocenters. The van der Waals surface area contributed by atoms with Crippen LogP contribution in [-0.2, 0) is 5.41 Å². The summed E-state index contributed by atoms with van der Waals surface area (Å²) < 4.78 is 0. The van der Waals surface area contributed by atoms with E-state index < -0.39 is 5.41 Å². The highest BCUT2D eigenvalue weighted by molar-refractivity contribution is 6.02. The number of rotatable bonds is 5. The molecule has 250 valence electrons. The summed E-state index contributed by atoms with van der Waals surface area (Å²) in [6, 6.07) is 56.7. The Balaban J connectivity index is 1.07. The van der Waals surface area contributed by atoms with E-state index in [1.807, 2.05) is 48.9 Å². The van der Waals surface area contributed by atoms with Gasteiger partial charge in [-0.3, -0.25) is 4.98 Å². The Morgan fingerprint density at radius 1 is 0.509 bits per heavy atom. The molecule has 3 aliphatic rings. The third kappa shape index (κ3) is 4.99. The molecule has 0 saturated heterocycles. The fraction of sp³-hybridized carbons (Fsp3) is 0.0204. The Morgan fingerprint density at radius 2 is 1.06 bits per heavy atom. The number of hydroxylamine groups is 2. The van der Waals surface area contributed by atoms with Crippen molar-refractivity contribution in [3.8, 4) is 39.1 Å². The molecule has 0 saturated carbocycles. The number of nitrogens with zero attached hydrogens (tertiary/aromatic N) is 3. The van der Waals surface area contributed by atoms with E-state index in [9.17, 15) is 0 Å². The van der Waals surface area contributed by atoms with Crippen molar-refractivity contribution >= 4 is 17.1 Å². The van der Waals surface area contributed by atoms with Crippen LogP contribution in [0.4, 0.5) is 0 Å². The molecule has 4 heteroatoms. The van der Waals surface area contributed by atoms with Crippen LogP contribution in [0, 0.1) is 0 Å². The number of pyridine rings is 1. The van der Waals surface area contributed by atoms with Crippen molar-refractivity contribution in [3.63, 3.8) is 0 Å². The Hall–Kier alpha value is -7.04. The van der Waals surface area contributed by atoms with Crippen molar-refractivity contribution in [3.05, 3.63) is 228 Å². The first kappa shape index (κ1) is 30.8. The van der Waals surface area contributed by atoms with Gasteiger partial charge in [0.15, 0.2) is 11.6 Å². The predicted octanol–water partition coefficient (Wildman–Crippen LogP) is 11.4. The van der Waals surface area contributed by atoms with Crippen LogP contribution in [0.5, 0.6) is 5.75 Å². The summed E-state index contributed by atoms with van der Waals surface area (Å²) in [5, 5.41) is 1.73. The zero-order valence-electron chi connectivity index (χ0n) is 28.9. The lowest BCUT2D eigenvalue weighted by Crippen LogP contribution is -2.29. The zero-order valence-corrected chi connectivity index (χ0v) is 28.9. The number of benzene rings is 6. The minimum atomic E-state index is -0.514. The van der Waals surface area contributed by atoms with Crippen molar-refractivity contribution < 1.29 is 4.84 Å². The van der Waals surface area contributed by atoms with Crippen LogP contribution in [-0.4, -0.2) is 15.9 Å². The lowest BCUT2D eigenvalue weighted by atomic mass is 9.67. The Kier molecular flexibility index (Phi) is 7.15. The molecule has 53 heavy (non-hydrogen) atoms. The standard InChI is InChI=1S/C49H33N3O/c1-33-42-14-8-9-15-47(42)53-52-32-39(22-25-48(52)51-33)35-18-16-34(17-19-35)37-20-23-43-44-24-21-38(36-26-28-50-29-27-36)31-46(44)49(45(43)30-37,40-10-4-2-5-11-40)41-12-6-3-7-13-41/h2-32H,1H2. The van der Waals surface area contributed by atoms with Gasteiger partial charge in [0.1, 0.15) is 0 Å². The highest BCUT2D eigenvalue weighted by atomic mass is 16.7. The van der Waals surface area contributed by atoms with Crippen LogP contribution in [0.25, 0.3) is 44.7 Å². The first-order valence-corrected chi connectivity index (χ1v) is 17.8. The molecule has 0 bridgehead atoms. The van der Waals surface area contributed by atoms with Crippen LogP contribution in [0.2, 0.25) is 0 Å². The van der Waals surface area contributed by atoms with E-state index in [4.69, 9.17) is 9.83 Å². The van der Waals surface area contributed by atoms with E-state index >= 15 is 0 Å². The molecule has 1 aliphatic carbocycles. The smallest absolute Gasteiger partial charge is 0.169 e. The zero-order chi connectivity index (χ0) is 35.4. The summed E-state index contributed by atoms with van der Waals surface area (Å²) in [6.45, 7) is 4.16. The summed E-state index contributed by atoms with van der Waals surface area (Å²) in [4.78, 5) is 15.3. The van der Waals surface area contributed by atoms with Gasteiger partial charge in [0.05, 0.1) is 17.3 Å². The van der Waals surface area contributed by atoms with Gasteiger partial charge in [-0.25, -0.2) is 4.99 Å². The Bertz CT molecular complexity index is 2600. The SMILES string of the molecule is C=C1N=C2C=CC(c3ccc(-c4ccc5c(c4)C(c4ccccc4)(c4ccccc4)c4cc(-c6ccncc6)ccc4-5)cc3)=CN2Oc2ccccc21. The molecule has 0 amide bonds. The number of para-hydroxylation sites is 1. The van der Waals surface area contributed by atoms with Gasteiger partial charge < -0.3 is 4.84 Å². The van der Waals surface area contributed by atoms with Gasteiger partial charge in [-0.15, -0.1) is 0 Å². The normalized spacial score (nSPS) is 14.9. The molecule has 1 aromatic heterocycles. The Labute approximate surface area is 309 Å². The van der Waals surface area contributed by atoms with Gasteiger partial charge in [0, 0.05) is 23.5 Å². The maximum Gasteiger partial charge on any atom is 0.169 e. The third-order valence-electron chi connectivity index (χ3n) is 10.7. The molecule has 0 spiro atoms. The first-order valence-electron chi connectivity index (χ1n) is 17.8. The lowest BCUT2D eigenvalue weighted by Gasteiger charge is -2.34. The molecule has 10 rings (SSSR count). The van der Waals surface area contributed by atoms with Gasteiger partial charge in [0.25, 0.3) is 0 Å². The topological polar surface area (TPSA) is 37.7 Å². The van der Waals surface area contributed by atoms with Crippen LogP contribution in [0.15, 0.2) is 200 Å². The van der Waals surface area contributed by atoms with E-state index in [-0.39, 0.29) is 0 Å². The van der Waals surface area contributed by atoms with Crippen molar-refractivity contribution in [2.24, 2.45) is 4.99 Å². The summed E-state index contributed by atoms with van der Waals surface area (Å²) in [5.41, 5.74) is 15.4. The highest BCUT2D eigenvalue weighted by Gasteiger charge is 2.46. The quantitative estimate of drug-likeness (QED) is 0.182. The molecule has 0 fully saturated rings. The van der Waals surface area contributed by atoms with Crippen LogP contribution >= 0.6 is 0 Å². The molecule has 2 aliphatic heterocycles. The average Bonchev–Trinajstić information content (AvgIpc) is 3.43. The molecule has 3 heterocycles. The molecule has 0 radical (unpaired) electrons. The fourth-order valence-electron chi connectivity index (χ4n) is 8.14. The minimum Gasteiger partial charge on any atom is -0.373 e. The largest absolute Gasteiger partial charge is 0.373 e. The highest BCUT2D eigenvalue weighted by Crippen LogP contribution is 2.57. The van der Waals surface area contributed by atoms with Crippen LogP contribution in [0.3, 0.4) is 0 Å². The van der Waals surface area contributed by atoms with Gasteiger partial charge in [0.2, 0.25) is 0 Å². The van der Waals surface area contributed by atoms with Crippen LogP contribution in [0.1, 0.15) is 33.4 Å². The van der Waals surface area contributed by atoms with Crippen molar-refractivity contribution in [2.45, 2.75) is 5.41 Å². The third-order valence-corrected chi connectivity index (χ3v) is 10.7. The first-order chi connectivity index (χ1) is 26.2. The lowest BCUT2D eigenvalue weighted by molar-refractivity contribution is 0.0742. The fourth-order valence-corrected chi connectivity index (χ4v) is 8.14. The van der Waals surface area contributed by atoms with Gasteiger partial charge >= 0.3 is 0 Å². The van der Waals surface area contributed by atoms with Crippen LogP contribution < -0.4 is 4.84 Å². The number of hydrogen-bond donors (Lipinski definition) is 0. The summed E-state index contributed by atoms with van der Waals surface area (Å²) in [7, 11) is 0. The molecular formula is C49H33N3O. The maximum absolute atomic E-state index is 6.28. The van der Waals surface area contributed by atoms with Gasteiger partial charge in [-0.2, -0.15) is 5.06 Å². The number of aliphatic imine (C=N–C) groups is 1. The van der Waals surface area contributed by atoms with E-state index in [2.05, 4.69) is 151 Å². The second-order valence-corrected chi connectivity index (χ2v) is 13.6. The molecule has 0 N–H and O–H groups in total. The van der Waals surface area contributed by atoms with Gasteiger partial charge in [-0.05, 0) is 110 Å². The van der Waals surface area contributed by atoms with E-state index in [0.717, 1.165) is 33.6 Å². The van der Waals surface area contributed by atoms with Crippen molar-refractivity contribution in [1.29, 1.82) is 0 Å². The number of hydrogen-bond acceptors (Lipinski definition) is 4. The predicted molar refractivity (Wildman–Crippen MR) is 215 cm³/mol. The Morgan fingerprint density at radius 3 is 1.70 bits per heavy atom. The second-order valence-electron chi connectivity index (χ2n) is 13.6. The molecule has 7 aromatic rings. The second kappa shape index (κ2) is 12.3. The summed E-state index contributed by atoms with van der Waals surface area (Å²) >= 11 is 0. The average molecular weight is 680 g/mol. The van der Waals surface area contributed by atoms with E-state index in [1.165, 1.54) is 44.5 Å². The van der Waals surface area contributed by atoms with E-state index in [0.29, 0.717) is 11.5 Å². The number of amidine groups is 1. The molecule has 0 unspecified atom stereocenters. The van der Waals surface area contributed by atoms with E-state index in [1.54, 1.807) is 5.06 Å². The van der Waals surface area contributed by atoms with Crippen molar-refractivity contribution in [2.75, 3.05) is 0 Å². The summed E-state index contributed by atoms with van der Waals surface area (Å²) in [6.07, 6.45) is 9.78. The number of aromatic nitrogens is 1. The van der Waals surface area contributed by atoms with Crippen molar-refractivity contribution in [1.82, 2.24) is 10.0 Å². The van der Waals surface area contributed by atoms with Gasteiger partial charge in [-0.1, -0.05) is 128 Å². The number of allylic oxidation sites excluding steroid dienone is 2. The number of fused-ring (bicyclic) bond motifs is 5. The molecule has 4 nitrogen and oxygen atoms in total.